The minimum atomic E-state index is 0.541. The van der Waals surface area contributed by atoms with Gasteiger partial charge in [-0.3, -0.25) is 0 Å². The number of anilines is 1. The van der Waals surface area contributed by atoms with Gasteiger partial charge in [0.1, 0.15) is 11.6 Å². The zero-order chi connectivity index (χ0) is 11.5. The summed E-state index contributed by atoms with van der Waals surface area (Å²) in [6.07, 6.45) is 3.84. The molecule has 16 heavy (non-hydrogen) atoms. The van der Waals surface area contributed by atoms with Crippen molar-refractivity contribution in [1.29, 1.82) is 0 Å². The molecule has 0 radical (unpaired) electrons. The van der Waals surface area contributed by atoms with Crippen LogP contribution >= 0.6 is 0 Å². The van der Waals surface area contributed by atoms with Crippen LogP contribution in [0.1, 0.15) is 32.0 Å². The molecule has 1 aliphatic rings. The Kier molecular flexibility index (Phi) is 3.27. The Bertz CT molecular complexity index is 367. The molecule has 1 saturated carbocycles. The molecule has 1 aromatic heterocycles. The SMILES string of the molecule is COc1cc(NC2CCCC2C)nc(C)n1. The van der Waals surface area contributed by atoms with Crippen LogP contribution in [-0.4, -0.2) is 23.1 Å². The van der Waals surface area contributed by atoms with Crippen molar-refractivity contribution in [3.05, 3.63) is 11.9 Å². The highest BCUT2D eigenvalue weighted by atomic mass is 16.5. The number of ether oxygens (including phenoxy) is 1. The van der Waals surface area contributed by atoms with Crippen molar-refractivity contribution in [2.75, 3.05) is 12.4 Å². The Morgan fingerprint density at radius 1 is 1.38 bits per heavy atom. The summed E-state index contributed by atoms with van der Waals surface area (Å²) in [5.74, 6) is 2.97. The second kappa shape index (κ2) is 4.68. The fourth-order valence-corrected chi connectivity index (χ4v) is 2.27. The molecule has 1 heterocycles. The van der Waals surface area contributed by atoms with Crippen molar-refractivity contribution >= 4 is 5.82 Å². The van der Waals surface area contributed by atoms with E-state index in [0.717, 1.165) is 17.6 Å². The summed E-state index contributed by atoms with van der Waals surface area (Å²) in [7, 11) is 1.63. The topological polar surface area (TPSA) is 47.0 Å². The molecule has 0 amide bonds. The quantitative estimate of drug-likeness (QED) is 0.851. The zero-order valence-corrected chi connectivity index (χ0v) is 10.2. The third kappa shape index (κ3) is 2.43. The Balaban J connectivity index is 2.11. The van der Waals surface area contributed by atoms with E-state index in [1.807, 2.05) is 13.0 Å². The number of methoxy groups -OCH3 is 1. The number of nitrogens with one attached hydrogen (secondary N) is 1. The van der Waals surface area contributed by atoms with Crippen molar-refractivity contribution in [3.8, 4) is 5.88 Å². The van der Waals surface area contributed by atoms with E-state index in [1.54, 1.807) is 7.11 Å². The van der Waals surface area contributed by atoms with E-state index in [-0.39, 0.29) is 0 Å². The number of rotatable bonds is 3. The summed E-state index contributed by atoms with van der Waals surface area (Å²) < 4.78 is 5.14. The van der Waals surface area contributed by atoms with E-state index >= 15 is 0 Å². The van der Waals surface area contributed by atoms with Crippen LogP contribution in [0.3, 0.4) is 0 Å². The number of hydrogen-bond acceptors (Lipinski definition) is 4. The zero-order valence-electron chi connectivity index (χ0n) is 10.2. The summed E-state index contributed by atoms with van der Waals surface area (Å²) in [6, 6.07) is 2.40. The highest BCUT2D eigenvalue weighted by molar-refractivity contribution is 5.39. The highest BCUT2D eigenvalue weighted by Gasteiger charge is 2.23. The minimum Gasteiger partial charge on any atom is -0.481 e. The van der Waals surface area contributed by atoms with Gasteiger partial charge >= 0.3 is 0 Å². The molecule has 88 valence electrons. The van der Waals surface area contributed by atoms with Gasteiger partial charge in [0, 0.05) is 12.1 Å². The van der Waals surface area contributed by atoms with Crippen molar-refractivity contribution in [2.45, 2.75) is 39.2 Å². The average Bonchev–Trinajstić information content (AvgIpc) is 2.63. The maximum Gasteiger partial charge on any atom is 0.218 e. The van der Waals surface area contributed by atoms with Crippen molar-refractivity contribution in [3.63, 3.8) is 0 Å². The molecule has 2 unspecified atom stereocenters. The van der Waals surface area contributed by atoms with Gasteiger partial charge in [-0.25, -0.2) is 4.98 Å². The number of nitrogens with zero attached hydrogens (tertiary/aromatic N) is 2. The van der Waals surface area contributed by atoms with Gasteiger partial charge in [0.2, 0.25) is 5.88 Å². The van der Waals surface area contributed by atoms with E-state index in [2.05, 4.69) is 22.2 Å². The molecule has 1 aromatic rings. The maximum atomic E-state index is 5.14. The van der Waals surface area contributed by atoms with Crippen LogP contribution in [0, 0.1) is 12.8 Å². The van der Waals surface area contributed by atoms with Crippen molar-refractivity contribution < 1.29 is 4.74 Å². The van der Waals surface area contributed by atoms with Crippen LogP contribution in [0.25, 0.3) is 0 Å². The van der Waals surface area contributed by atoms with Crippen LogP contribution < -0.4 is 10.1 Å². The van der Waals surface area contributed by atoms with E-state index < -0.39 is 0 Å². The number of hydrogen-bond donors (Lipinski definition) is 1. The van der Waals surface area contributed by atoms with Crippen LogP contribution in [0.4, 0.5) is 5.82 Å². The van der Waals surface area contributed by atoms with Gasteiger partial charge in [-0.2, -0.15) is 4.98 Å². The molecule has 0 saturated heterocycles. The Morgan fingerprint density at radius 2 is 2.19 bits per heavy atom. The molecular weight excluding hydrogens is 202 g/mol. The molecule has 4 heteroatoms. The molecule has 1 aliphatic carbocycles. The fraction of sp³-hybridized carbons (Fsp3) is 0.667. The van der Waals surface area contributed by atoms with Gasteiger partial charge in [0.15, 0.2) is 0 Å². The van der Waals surface area contributed by atoms with Crippen LogP contribution in [-0.2, 0) is 0 Å². The highest BCUT2D eigenvalue weighted by Crippen LogP contribution is 2.28. The van der Waals surface area contributed by atoms with E-state index in [4.69, 9.17) is 4.74 Å². The summed E-state index contributed by atoms with van der Waals surface area (Å²) in [5.41, 5.74) is 0. The summed E-state index contributed by atoms with van der Waals surface area (Å²) in [5, 5.41) is 3.48. The van der Waals surface area contributed by atoms with Crippen LogP contribution in [0.2, 0.25) is 0 Å². The lowest BCUT2D eigenvalue weighted by atomic mass is 10.1. The molecule has 0 aromatic carbocycles. The summed E-state index contributed by atoms with van der Waals surface area (Å²) in [6.45, 7) is 4.17. The van der Waals surface area contributed by atoms with E-state index in [1.165, 1.54) is 19.3 Å². The lowest BCUT2D eigenvalue weighted by Gasteiger charge is -2.18. The first kappa shape index (κ1) is 11.2. The van der Waals surface area contributed by atoms with Crippen molar-refractivity contribution in [1.82, 2.24) is 9.97 Å². The first-order chi connectivity index (χ1) is 7.69. The molecular formula is C12H19N3O. The van der Waals surface area contributed by atoms with Gasteiger partial charge in [-0.15, -0.1) is 0 Å². The monoisotopic (exact) mass is 221 g/mol. The minimum absolute atomic E-state index is 0.541. The largest absolute Gasteiger partial charge is 0.481 e. The van der Waals surface area contributed by atoms with Gasteiger partial charge < -0.3 is 10.1 Å². The van der Waals surface area contributed by atoms with Crippen LogP contribution in [0.15, 0.2) is 6.07 Å². The Hall–Kier alpha value is -1.32. The van der Waals surface area contributed by atoms with Gasteiger partial charge in [0.25, 0.3) is 0 Å². The van der Waals surface area contributed by atoms with Gasteiger partial charge in [0.05, 0.1) is 7.11 Å². The molecule has 2 atom stereocenters. The second-order valence-corrected chi connectivity index (χ2v) is 4.50. The summed E-state index contributed by atoms with van der Waals surface area (Å²) in [4.78, 5) is 8.55. The number of aryl methyl sites for hydroxylation is 1. The predicted molar refractivity (Wildman–Crippen MR) is 63.7 cm³/mol. The fourth-order valence-electron chi connectivity index (χ4n) is 2.27. The molecule has 4 nitrogen and oxygen atoms in total. The maximum absolute atomic E-state index is 5.14. The van der Waals surface area contributed by atoms with Gasteiger partial charge in [-0.1, -0.05) is 13.3 Å². The second-order valence-electron chi connectivity index (χ2n) is 4.50. The molecule has 0 aliphatic heterocycles. The average molecular weight is 221 g/mol. The predicted octanol–water partition coefficient (Wildman–Crippen LogP) is 2.39. The lowest BCUT2D eigenvalue weighted by Crippen LogP contribution is -2.22. The van der Waals surface area contributed by atoms with Crippen molar-refractivity contribution in [2.24, 2.45) is 5.92 Å². The third-order valence-corrected chi connectivity index (χ3v) is 3.22. The molecule has 0 spiro atoms. The molecule has 0 bridgehead atoms. The normalized spacial score (nSPS) is 24.4. The first-order valence-corrected chi connectivity index (χ1v) is 5.85. The lowest BCUT2D eigenvalue weighted by molar-refractivity contribution is 0.395. The molecule has 1 fully saturated rings. The third-order valence-electron chi connectivity index (χ3n) is 3.22. The van der Waals surface area contributed by atoms with E-state index in [9.17, 15) is 0 Å². The smallest absolute Gasteiger partial charge is 0.218 e. The number of aromatic nitrogens is 2. The van der Waals surface area contributed by atoms with E-state index in [0.29, 0.717) is 11.9 Å². The summed E-state index contributed by atoms with van der Waals surface area (Å²) >= 11 is 0. The standard InChI is InChI=1S/C12H19N3O/c1-8-5-4-6-10(8)15-11-7-12(16-3)14-9(2)13-11/h7-8,10H,4-6H2,1-3H3,(H,13,14,15). The Labute approximate surface area is 96.4 Å². The molecule has 2 rings (SSSR count). The van der Waals surface area contributed by atoms with Gasteiger partial charge in [-0.05, 0) is 25.7 Å². The Morgan fingerprint density at radius 3 is 2.81 bits per heavy atom. The molecule has 1 N–H and O–H groups in total. The first-order valence-electron chi connectivity index (χ1n) is 5.85. The van der Waals surface area contributed by atoms with Crippen LogP contribution in [0.5, 0.6) is 5.88 Å².